The highest BCUT2D eigenvalue weighted by molar-refractivity contribution is 7.13. The summed E-state index contributed by atoms with van der Waals surface area (Å²) in [6.07, 6.45) is 1.77. The average molecular weight is 178 g/mol. The van der Waals surface area contributed by atoms with Crippen molar-refractivity contribution in [3.63, 3.8) is 0 Å². The standard InChI is InChI=1S/C8H6N2OS/c9-8(11)5-1-2-6-4-10-12-7(6)3-5/h1-4H,(H2,9,11). The lowest BCUT2D eigenvalue weighted by Gasteiger charge is -1.93. The summed E-state index contributed by atoms with van der Waals surface area (Å²) in [5.74, 6) is -0.398. The number of primary amides is 1. The molecule has 0 aliphatic carbocycles. The van der Waals surface area contributed by atoms with Crippen LogP contribution in [-0.2, 0) is 0 Å². The minimum Gasteiger partial charge on any atom is -0.366 e. The molecule has 0 saturated carbocycles. The number of carbonyl (C=O) groups excluding carboxylic acids is 1. The van der Waals surface area contributed by atoms with Crippen LogP contribution in [0, 0.1) is 0 Å². The fourth-order valence-corrected chi connectivity index (χ4v) is 1.70. The van der Waals surface area contributed by atoms with Gasteiger partial charge in [0, 0.05) is 17.1 Å². The number of hydrogen-bond donors (Lipinski definition) is 1. The van der Waals surface area contributed by atoms with E-state index >= 15 is 0 Å². The Labute approximate surface area is 73.0 Å². The van der Waals surface area contributed by atoms with Crippen LogP contribution in [-0.4, -0.2) is 10.3 Å². The number of hydrogen-bond acceptors (Lipinski definition) is 3. The minimum atomic E-state index is -0.398. The minimum absolute atomic E-state index is 0.398. The van der Waals surface area contributed by atoms with E-state index in [2.05, 4.69) is 4.37 Å². The third-order valence-electron chi connectivity index (χ3n) is 1.64. The second kappa shape index (κ2) is 2.57. The molecule has 2 N–H and O–H groups in total. The van der Waals surface area contributed by atoms with Gasteiger partial charge in [-0.3, -0.25) is 4.79 Å². The molecule has 0 bridgehead atoms. The summed E-state index contributed by atoms with van der Waals surface area (Å²) in [5, 5.41) is 1.05. The van der Waals surface area contributed by atoms with Crippen LogP contribution in [0.5, 0.6) is 0 Å². The van der Waals surface area contributed by atoms with Crippen molar-refractivity contribution in [3.8, 4) is 0 Å². The SMILES string of the molecule is NC(=O)c1ccc2cnsc2c1. The molecule has 0 radical (unpaired) electrons. The van der Waals surface area contributed by atoms with Crippen LogP contribution in [0.4, 0.5) is 0 Å². The van der Waals surface area contributed by atoms with Crippen LogP contribution >= 0.6 is 11.5 Å². The maximum atomic E-state index is 10.8. The van der Waals surface area contributed by atoms with Crippen LogP contribution in [0.15, 0.2) is 24.4 Å². The van der Waals surface area contributed by atoms with E-state index < -0.39 is 5.91 Å². The zero-order valence-electron chi connectivity index (χ0n) is 6.15. The van der Waals surface area contributed by atoms with Crippen molar-refractivity contribution >= 4 is 27.5 Å². The first kappa shape index (κ1) is 7.24. The Hall–Kier alpha value is -1.42. The van der Waals surface area contributed by atoms with Gasteiger partial charge < -0.3 is 5.73 Å². The predicted molar refractivity (Wildman–Crippen MR) is 48.1 cm³/mol. The molecule has 0 saturated heterocycles. The molecule has 0 unspecified atom stereocenters. The highest BCUT2D eigenvalue weighted by Gasteiger charge is 2.01. The summed E-state index contributed by atoms with van der Waals surface area (Å²) >= 11 is 1.36. The topological polar surface area (TPSA) is 56.0 Å². The Morgan fingerprint density at radius 2 is 2.33 bits per heavy atom. The van der Waals surface area contributed by atoms with E-state index in [1.54, 1.807) is 18.3 Å². The first-order valence-corrected chi connectivity index (χ1v) is 4.19. The van der Waals surface area contributed by atoms with Crippen LogP contribution < -0.4 is 5.73 Å². The van der Waals surface area contributed by atoms with E-state index in [9.17, 15) is 4.79 Å². The van der Waals surface area contributed by atoms with Gasteiger partial charge in [0.25, 0.3) is 0 Å². The van der Waals surface area contributed by atoms with Crippen molar-refractivity contribution in [1.82, 2.24) is 4.37 Å². The highest BCUT2D eigenvalue weighted by atomic mass is 32.1. The summed E-state index contributed by atoms with van der Waals surface area (Å²) in [6, 6.07) is 5.31. The number of aromatic nitrogens is 1. The van der Waals surface area contributed by atoms with Crippen molar-refractivity contribution in [2.45, 2.75) is 0 Å². The molecule has 1 aromatic heterocycles. The van der Waals surface area contributed by atoms with Crippen LogP contribution in [0.25, 0.3) is 10.1 Å². The molecule has 2 rings (SSSR count). The summed E-state index contributed by atoms with van der Waals surface area (Å²) in [7, 11) is 0. The quantitative estimate of drug-likeness (QED) is 0.717. The van der Waals surface area contributed by atoms with Gasteiger partial charge in [-0.25, -0.2) is 0 Å². The second-order valence-electron chi connectivity index (χ2n) is 2.44. The Bertz CT molecular complexity index is 435. The van der Waals surface area contributed by atoms with Crippen LogP contribution in [0.1, 0.15) is 10.4 Å². The Balaban J connectivity index is 2.68. The number of fused-ring (bicyclic) bond motifs is 1. The lowest BCUT2D eigenvalue weighted by Crippen LogP contribution is -2.10. The molecule has 1 heterocycles. The van der Waals surface area contributed by atoms with E-state index in [1.165, 1.54) is 11.5 Å². The molecule has 0 aliphatic rings. The van der Waals surface area contributed by atoms with E-state index in [-0.39, 0.29) is 0 Å². The summed E-state index contributed by atoms with van der Waals surface area (Å²) in [5.41, 5.74) is 5.65. The van der Waals surface area contributed by atoms with E-state index in [4.69, 9.17) is 5.73 Å². The average Bonchev–Trinajstić information content (AvgIpc) is 2.49. The molecule has 4 heteroatoms. The highest BCUT2D eigenvalue weighted by Crippen LogP contribution is 2.18. The number of rotatable bonds is 1. The zero-order valence-corrected chi connectivity index (χ0v) is 6.97. The molecule has 0 fully saturated rings. The molecule has 1 aromatic carbocycles. The molecule has 1 amide bonds. The first-order valence-electron chi connectivity index (χ1n) is 3.41. The Kier molecular flexibility index (Phi) is 1.55. The molecule has 0 aliphatic heterocycles. The third kappa shape index (κ3) is 1.06. The fourth-order valence-electron chi connectivity index (χ4n) is 1.01. The Morgan fingerprint density at radius 1 is 1.50 bits per heavy atom. The molecule has 2 aromatic rings. The van der Waals surface area contributed by atoms with Gasteiger partial charge in [0.2, 0.25) is 5.91 Å². The van der Waals surface area contributed by atoms with E-state index in [0.717, 1.165) is 10.1 Å². The van der Waals surface area contributed by atoms with Gasteiger partial charge in [0.15, 0.2) is 0 Å². The summed E-state index contributed by atoms with van der Waals surface area (Å²) in [6.45, 7) is 0. The molecule has 0 spiro atoms. The molecule has 12 heavy (non-hydrogen) atoms. The molecule has 60 valence electrons. The smallest absolute Gasteiger partial charge is 0.248 e. The molecule has 0 atom stereocenters. The molecule has 3 nitrogen and oxygen atoms in total. The van der Waals surface area contributed by atoms with Crippen molar-refractivity contribution in [2.75, 3.05) is 0 Å². The van der Waals surface area contributed by atoms with Crippen molar-refractivity contribution in [1.29, 1.82) is 0 Å². The van der Waals surface area contributed by atoms with Crippen molar-refractivity contribution in [2.24, 2.45) is 5.73 Å². The van der Waals surface area contributed by atoms with Gasteiger partial charge in [0.05, 0.1) is 4.70 Å². The van der Waals surface area contributed by atoms with Gasteiger partial charge in [-0.05, 0) is 23.7 Å². The Morgan fingerprint density at radius 3 is 3.08 bits per heavy atom. The van der Waals surface area contributed by atoms with Crippen LogP contribution in [0.2, 0.25) is 0 Å². The second-order valence-corrected chi connectivity index (χ2v) is 3.28. The number of amides is 1. The number of nitrogens with zero attached hydrogens (tertiary/aromatic N) is 1. The maximum absolute atomic E-state index is 10.8. The van der Waals surface area contributed by atoms with E-state index in [0.29, 0.717) is 5.56 Å². The summed E-state index contributed by atoms with van der Waals surface area (Å²) < 4.78 is 4.98. The largest absolute Gasteiger partial charge is 0.366 e. The lowest BCUT2D eigenvalue weighted by atomic mass is 10.2. The monoisotopic (exact) mass is 178 g/mol. The third-order valence-corrected chi connectivity index (χ3v) is 2.40. The predicted octanol–water partition coefficient (Wildman–Crippen LogP) is 1.40. The number of carbonyl (C=O) groups is 1. The van der Waals surface area contributed by atoms with Crippen molar-refractivity contribution < 1.29 is 4.79 Å². The molecular formula is C8H6N2OS. The summed E-state index contributed by atoms with van der Waals surface area (Å²) in [4.78, 5) is 10.8. The van der Waals surface area contributed by atoms with Gasteiger partial charge in [-0.15, -0.1) is 0 Å². The van der Waals surface area contributed by atoms with Crippen LogP contribution in [0.3, 0.4) is 0 Å². The van der Waals surface area contributed by atoms with Gasteiger partial charge in [-0.1, -0.05) is 6.07 Å². The lowest BCUT2D eigenvalue weighted by molar-refractivity contribution is 0.100. The normalized spacial score (nSPS) is 10.3. The number of nitrogens with two attached hydrogens (primary N) is 1. The van der Waals surface area contributed by atoms with Gasteiger partial charge in [-0.2, -0.15) is 4.37 Å². The fraction of sp³-hybridized carbons (Fsp3) is 0. The zero-order chi connectivity index (χ0) is 8.55. The van der Waals surface area contributed by atoms with E-state index in [1.807, 2.05) is 6.07 Å². The van der Waals surface area contributed by atoms with Gasteiger partial charge >= 0.3 is 0 Å². The first-order chi connectivity index (χ1) is 5.77. The maximum Gasteiger partial charge on any atom is 0.248 e. The van der Waals surface area contributed by atoms with Gasteiger partial charge in [0.1, 0.15) is 0 Å². The molecular weight excluding hydrogens is 172 g/mol. The number of benzene rings is 1. The van der Waals surface area contributed by atoms with Crippen molar-refractivity contribution in [3.05, 3.63) is 30.0 Å².